The SMILES string of the molecule is CN1C(=O)N(CC(=O)OCC(=O)NCc2ccc3c(c2)OCO3)C(=O)C12CCCCC2. The zero-order valence-corrected chi connectivity index (χ0v) is 17.3. The highest BCUT2D eigenvalue weighted by molar-refractivity contribution is 6.08. The second-order valence-corrected chi connectivity index (χ2v) is 7.95. The fraction of sp³-hybridized carbons (Fsp3) is 0.524. The van der Waals surface area contributed by atoms with Gasteiger partial charge in [0.2, 0.25) is 6.79 Å². The summed E-state index contributed by atoms with van der Waals surface area (Å²) in [5, 5.41) is 2.64. The summed E-state index contributed by atoms with van der Waals surface area (Å²) in [5.74, 6) is -0.398. The normalized spacial score (nSPS) is 19.1. The summed E-state index contributed by atoms with van der Waals surface area (Å²) >= 11 is 0. The quantitative estimate of drug-likeness (QED) is 0.531. The third-order valence-corrected chi connectivity index (χ3v) is 6.06. The van der Waals surface area contributed by atoms with Crippen LogP contribution < -0.4 is 14.8 Å². The molecule has 10 nitrogen and oxygen atoms in total. The second-order valence-electron chi connectivity index (χ2n) is 7.95. The molecule has 1 saturated carbocycles. The van der Waals surface area contributed by atoms with Crippen LogP contribution in [-0.2, 0) is 25.7 Å². The molecule has 10 heteroatoms. The minimum atomic E-state index is -0.850. The van der Waals surface area contributed by atoms with Crippen LogP contribution in [-0.4, -0.2) is 66.1 Å². The smallest absolute Gasteiger partial charge is 0.327 e. The molecular weight excluding hydrogens is 406 g/mol. The number of hydrogen-bond acceptors (Lipinski definition) is 7. The Morgan fingerprint density at radius 1 is 1.13 bits per heavy atom. The van der Waals surface area contributed by atoms with Crippen molar-refractivity contribution in [1.29, 1.82) is 0 Å². The first-order valence-electron chi connectivity index (χ1n) is 10.3. The number of carbonyl (C=O) groups excluding carboxylic acids is 4. The van der Waals surface area contributed by atoms with Gasteiger partial charge in [-0.25, -0.2) is 4.79 Å². The maximum atomic E-state index is 12.9. The number of nitrogens with zero attached hydrogens (tertiary/aromatic N) is 2. The Bertz CT molecular complexity index is 910. The van der Waals surface area contributed by atoms with Gasteiger partial charge in [0.25, 0.3) is 11.8 Å². The third-order valence-electron chi connectivity index (χ3n) is 6.06. The van der Waals surface area contributed by atoms with Gasteiger partial charge in [0.1, 0.15) is 12.1 Å². The number of urea groups is 1. The lowest BCUT2D eigenvalue weighted by Gasteiger charge is -2.35. The first kappa shape index (κ1) is 21.0. The molecule has 1 aliphatic carbocycles. The highest BCUT2D eigenvalue weighted by atomic mass is 16.7. The lowest BCUT2D eigenvalue weighted by atomic mass is 9.81. The summed E-state index contributed by atoms with van der Waals surface area (Å²) in [4.78, 5) is 52.0. The molecule has 1 aromatic rings. The summed E-state index contributed by atoms with van der Waals surface area (Å²) in [6, 6.07) is 4.80. The minimum absolute atomic E-state index is 0.167. The first-order chi connectivity index (χ1) is 14.9. The van der Waals surface area contributed by atoms with E-state index in [2.05, 4.69) is 5.32 Å². The molecule has 0 bridgehead atoms. The average molecular weight is 431 g/mol. The fourth-order valence-electron chi connectivity index (χ4n) is 4.29. The highest BCUT2D eigenvalue weighted by Gasteiger charge is 2.55. The van der Waals surface area contributed by atoms with Crippen molar-refractivity contribution in [3.05, 3.63) is 23.8 Å². The largest absolute Gasteiger partial charge is 0.454 e. The summed E-state index contributed by atoms with van der Waals surface area (Å²) in [7, 11) is 1.60. The van der Waals surface area contributed by atoms with Crippen LogP contribution in [0.2, 0.25) is 0 Å². The van der Waals surface area contributed by atoms with E-state index in [-0.39, 0.29) is 19.2 Å². The van der Waals surface area contributed by atoms with Gasteiger partial charge < -0.3 is 24.4 Å². The second kappa shape index (κ2) is 8.44. The molecule has 1 aromatic carbocycles. The van der Waals surface area contributed by atoms with Crippen molar-refractivity contribution < 1.29 is 33.4 Å². The number of amides is 4. The maximum Gasteiger partial charge on any atom is 0.327 e. The van der Waals surface area contributed by atoms with Crippen LogP contribution in [0.4, 0.5) is 4.79 Å². The molecule has 3 aliphatic rings. The molecule has 4 rings (SSSR count). The zero-order valence-electron chi connectivity index (χ0n) is 17.3. The Kier molecular flexibility index (Phi) is 5.71. The van der Waals surface area contributed by atoms with Crippen LogP contribution >= 0.6 is 0 Å². The number of hydrogen-bond donors (Lipinski definition) is 1. The predicted molar refractivity (Wildman–Crippen MR) is 106 cm³/mol. The van der Waals surface area contributed by atoms with E-state index in [4.69, 9.17) is 14.2 Å². The third kappa shape index (κ3) is 4.01. The van der Waals surface area contributed by atoms with E-state index >= 15 is 0 Å². The Hall–Kier alpha value is -3.30. The monoisotopic (exact) mass is 431 g/mol. The minimum Gasteiger partial charge on any atom is -0.454 e. The van der Waals surface area contributed by atoms with E-state index in [0.29, 0.717) is 24.3 Å². The summed E-state index contributed by atoms with van der Waals surface area (Å²) in [6.07, 6.45) is 3.96. The van der Waals surface area contributed by atoms with E-state index in [9.17, 15) is 19.2 Å². The van der Waals surface area contributed by atoms with E-state index in [1.165, 1.54) is 4.90 Å². The summed E-state index contributed by atoms with van der Waals surface area (Å²) in [5.41, 5.74) is -0.0459. The van der Waals surface area contributed by atoms with Gasteiger partial charge in [-0.2, -0.15) is 0 Å². The van der Waals surface area contributed by atoms with Crippen molar-refractivity contribution in [2.75, 3.05) is 27.0 Å². The highest BCUT2D eigenvalue weighted by Crippen LogP contribution is 2.39. The number of nitrogens with one attached hydrogen (secondary N) is 1. The number of benzene rings is 1. The van der Waals surface area contributed by atoms with E-state index in [1.807, 2.05) is 0 Å². The molecule has 0 aromatic heterocycles. The average Bonchev–Trinajstić information content (AvgIpc) is 3.31. The topological polar surface area (TPSA) is 114 Å². The first-order valence-corrected chi connectivity index (χ1v) is 10.3. The van der Waals surface area contributed by atoms with Crippen molar-refractivity contribution in [1.82, 2.24) is 15.1 Å². The van der Waals surface area contributed by atoms with Gasteiger partial charge in [0.15, 0.2) is 18.1 Å². The van der Waals surface area contributed by atoms with Crippen molar-refractivity contribution in [3.63, 3.8) is 0 Å². The molecule has 2 fully saturated rings. The Morgan fingerprint density at radius 3 is 2.65 bits per heavy atom. The number of fused-ring (bicyclic) bond motifs is 1. The van der Waals surface area contributed by atoms with Crippen LogP contribution in [0.25, 0.3) is 0 Å². The predicted octanol–water partition coefficient (Wildman–Crippen LogP) is 1.17. The van der Waals surface area contributed by atoms with Crippen LogP contribution in [0.15, 0.2) is 18.2 Å². The van der Waals surface area contributed by atoms with Gasteiger partial charge >= 0.3 is 12.0 Å². The molecule has 0 radical (unpaired) electrons. The lowest BCUT2D eigenvalue weighted by Crippen LogP contribution is -2.49. The molecule has 2 heterocycles. The molecule has 166 valence electrons. The van der Waals surface area contributed by atoms with Crippen LogP contribution in [0.1, 0.15) is 37.7 Å². The molecule has 0 atom stereocenters. The maximum absolute atomic E-state index is 12.9. The van der Waals surface area contributed by atoms with Crippen molar-refractivity contribution >= 4 is 23.8 Å². The number of ether oxygens (including phenoxy) is 3. The summed E-state index contributed by atoms with van der Waals surface area (Å²) < 4.78 is 15.5. The van der Waals surface area contributed by atoms with Crippen molar-refractivity contribution in [3.8, 4) is 11.5 Å². The van der Waals surface area contributed by atoms with Crippen LogP contribution in [0.3, 0.4) is 0 Å². The Labute approximate surface area is 179 Å². The molecule has 31 heavy (non-hydrogen) atoms. The van der Waals surface area contributed by atoms with Gasteiger partial charge in [-0.1, -0.05) is 25.3 Å². The van der Waals surface area contributed by atoms with Gasteiger partial charge in [0, 0.05) is 13.6 Å². The number of rotatable bonds is 6. The standard InChI is InChI=1S/C21H25N3O7/c1-23-20(28)24(19(27)21(23)7-3-2-4-8-21)11-18(26)29-12-17(25)22-10-14-5-6-15-16(9-14)31-13-30-15/h5-6,9H,2-4,7-8,10-13H2,1H3,(H,22,25). The van der Waals surface area contributed by atoms with Crippen molar-refractivity contribution in [2.24, 2.45) is 0 Å². The molecule has 1 spiro atoms. The molecule has 2 aliphatic heterocycles. The zero-order chi connectivity index (χ0) is 22.0. The van der Waals surface area contributed by atoms with Gasteiger partial charge in [-0.3, -0.25) is 19.3 Å². The van der Waals surface area contributed by atoms with Crippen LogP contribution in [0, 0.1) is 0 Å². The van der Waals surface area contributed by atoms with Gasteiger partial charge in [0.05, 0.1) is 0 Å². The number of carbonyl (C=O) groups is 4. The molecule has 4 amide bonds. The van der Waals surface area contributed by atoms with Crippen LogP contribution in [0.5, 0.6) is 11.5 Å². The number of esters is 1. The van der Waals surface area contributed by atoms with Gasteiger partial charge in [-0.05, 0) is 30.5 Å². The van der Waals surface area contributed by atoms with E-state index in [1.54, 1.807) is 25.2 Å². The van der Waals surface area contributed by atoms with E-state index < -0.39 is 36.6 Å². The molecule has 1 saturated heterocycles. The summed E-state index contributed by atoms with van der Waals surface area (Å²) in [6.45, 7) is -0.608. The van der Waals surface area contributed by atoms with Crippen molar-refractivity contribution in [2.45, 2.75) is 44.2 Å². The van der Waals surface area contributed by atoms with Gasteiger partial charge in [-0.15, -0.1) is 0 Å². The lowest BCUT2D eigenvalue weighted by molar-refractivity contribution is -0.151. The fourth-order valence-corrected chi connectivity index (χ4v) is 4.29. The number of imide groups is 1. The molecule has 0 unspecified atom stereocenters. The molecule has 1 N–H and O–H groups in total. The van der Waals surface area contributed by atoms with E-state index in [0.717, 1.165) is 29.7 Å². The number of likely N-dealkylation sites (N-methyl/N-ethyl adjacent to an activating group) is 1. The molecular formula is C21H25N3O7. The Balaban J connectivity index is 1.25. The Morgan fingerprint density at radius 2 is 1.87 bits per heavy atom.